The predicted molar refractivity (Wildman–Crippen MR) is 181 cm³/mol. The van der Waals surface area contributed by atoms with Gasteiger partial charge in [0.15, 0.2) is 10.1 Å². The Hall–Kier alpha value is -5.06. The number of nitrogens with one attached hydrogen (secondary N) is 2. The van der Waals surface area contributed by atoms with Gasteiger partial charge in [-0.1, -0.05) is 0 Å². The second kappa shape index (κ2) is 18.3. The minimum atomic E-state index is -6.09. The summed E-state index contributed by atoms with van der Waals surface area (Å²) in [4.78, 5) is 0. The van der Waals surface area contributed by atoms with E-state index in [0.717, 1.165) is 68.0 Å². The zero-order valence-corrected chi connectivity index (χ0v) is 29.8. The van der Waals surface area contributed by atoms with Crippen molar-refractivity contribution in [3.63, 3.8) is 0 Å². The minimum Gasteiger partial charge on any atom is -0.741 e. The summed E-state index contributed by atoms with van der Waals surface area (Å²) < 4.78 is 79.6. The van der Waals surface area contributed by atoms with E-state index < -0.39 is 15.6 Å². The summed E-state index contributed by atoms with van der Waals surface area (Å²) in [5.74, 6) is 3.36. The number of aromatic amines is 2. The monoisotopic (exact) mass is 816 g/mol. The van der Waals surface area contributed by atoms with Crippen LogP contribution in [0.25, 0.3) is 45.0 Å². The topological polar surface area (TPSA) is 151 Å². The van der Waals surface area contributed by atoms with Crippen LogP contribution < -0.4 is 18.9 Å². The van der Waals surface area contributed by atoms with E-state index in [0.29, 0.717) is 0 Å². The SMILES string of the molecule is COc1ccc(-c2cc(-c3ccc(OC)cc3)[nH]n2)cc1.COc1ccc(-c2cc(-c3ccc(OC)cc3)[nH]n2)cc1.O=S(=O)([O-])C(F)(F)F.[Ag+]. The Kier molecular flexibility index (Phi) is 14.5. The second-order valence-electron chi connectivity index (χ2n) is 10.1. The van der Waals surface area contributed by atoms with Crippen LogP contribution in [-0.2, 0) is 32.5 Å². The maximum Gasteiger partial charge on any atom is 1.00 e. The van der Waals surface area contributed by atoms with E-state index in [1.54, 1.807) is 28.4 Å². The Morgan fingerprint density at radius 3 is 0.980 bits per heavy atom. The largest absolute Gasteiger partial charge is 1.00 e. The first-order valence-electron chi connectivity index (χ1n) is 14.6. The van der Waals surface area contributed by atoms with Crippen molar-refractivity contribution in [3.05, 3.63) is 109 Å². The van der Waals surface area contributed by atoms with Crippen LogP contribution in [0, 0.1) is 0 Å². The molecule has 0 bridgehead atoms. The van der Waals surface area contributed by atoms with E-state index in [9.17, 15) is 13.2 Å². The van der Waals surface area contributed by atoms with Crippen molar-refractivity contribution < 1.29 is 67.5 Å². The number of nitrogens with zero attached hydrogens (tertiary/aromatic N) is 2. The van der Waals surface area contributed by atoms with Gasteiger partial charge >= 0.3 is 27.9 Å². The molecule has 6 rings (SSSR count). The smallest absolute Gasteiger partial charge is 0.741 e. The molecule has 0 amide bonds. The van der Waals surface area contributed by atoms with Gasteiger partial charge in [0.05, 0.1) is 51.2 Å². The van der Waals surface area contributed by atoms with Gasteiger partial charge in [-0.25, -0.2) is 8.42 Å². The minimum absolute atomic E-state index is 0. The molecule has 16 heteroatoms. The van der Waals surface area contributed by atoms with E-state index in [4.69, 9.17) is 31.9 Å². The Balaban J connectivity index is 0.000000225. The van der Waals surface area contributed by atoms with E-state index >= 15 is 0 Å². The summed E-state index contributed by atoms with van der Waals surface area (Å²) in [5.41, 5.74) is 2.36. The third-order valence-electron chi connectivity index (χ3n) is 7.01. The van der Waals surface area contributed by atoms with Crippen molar-refractivity contribution in [1.29, 1.82) is 0 Å². The number of halogens is 3. The Bertz CT molecular complexity index is 1800. The predicted octanol–water partition coefficient (Wildman–Crippen LogP) is 7.57. The zero-order chi connectivity index (χ0) is 36.3. The summed E-state index contributed by atoms with van der Waals surface area (Å²) in [6.07, 6.45) is 0. The van der Waals surface area contributed by atoms with Crippen LogP contribution in [0.1, 0.15) is 0 Å². The van der Waals surface area contributed by atoms with E-state index in [1.807, 2.05) is 109 Å². The van der Waals surface area contributed by atoms with Crippen molar-refractivity contribution in [2.45, 2.75) is 5.51 Å². The fourth-order valence-electron chi connectivity index (χ4n) is 4.30. The number of hydrogen-bond acceptors (Lipinski definition) is 9. The third-order valence-corrected chi connectivity index (χ3v) is 7.58. The average molecular weight is 818 g/mol. The number of alkyl halides is 3. The molecular weight excluding hydrogens is 785 g/mol. The molecule has 0 atom stereocenters. The van der Waals surface area contributed by atoms with Gasteiger partial charge in [0.2, 0.25) is 0 Å². The Morgan fingerprint density at radius 1 is 0.529 bits per heavy atom. The number of rotatable bonds is 8. The van der Waals surface area contributed by atoms with Crippen LogP contribution in [0.5, 0.6) is 23.0 Å². The summed E-state index contributed by atoms with van der Waals surface area (Å²) in [7, 11) is 0.545. The molecule has 2 aromatic heterocycles. The van der Waals surface area contributed by atoms with Crippen molar-refractivity contribution in [2.24, 2.45) is 0 Å². The molecule has 51 heavy (non-hydrogen) atoms. The first kappa shape index (κ1) is 40.4. The van der Waals surface area contributed by atoms with Crippen LogP contribution >= 0.6 is 0 Å². The summed E-state index contributed by atoms with van der Waals surface area (Å²) in [6.45, 7) is 0. The molecular formula is C35H32AgF3N4O7S. The summed E-state index contributed by atoms with van der Waals surface area (Å²) >= 11 is 0. The fraction of sp³-hybridized carbons (Fsp3) is 0.143. The number of H-pyrrole nitrogens is 2. The first-order valence-corrected chi connectivity index (χ1v) is 16.0. The molecule has 0 aliphatic rings. The Morgan fingerprint density at radius 2 is 0.765 bits per heavy atom. The molecule has 0 saturated carbocycles. The molecule has 0 spiro atoms. The van der Waals surface area contributed by atoms with Gasteiger partial charge in [-0.2, -0.15) is 23.4 Å². The average Bonchev–Trinajstić information content (AvgIpc) is 3.83. The van der Waals surface area contributed by atoms with Crippen LogP contribution in [0.3, 0.4) is 0 Å². The maximum absolute atomic E-state index is 10.7. The number of methoxy groups -OCH3 is 4. The summed E-state index contributed by atoms with van der Waals surface area (Å²) in [5, 5.41) is 14.9. The van der Waals surface area contributed by atoms with E-state index in [2.05, 4.69) is 20.4 Å². The molecule has 272 valence electrons. The van der Waals surface area contributed by atoms with Crippen LogP contribution in [-0.4, -0.2) is 67.3 Å². The first-order chi connectivity index (χ1) is 23.8. The van der Waals surface area contributed by atoms with E-state index in [-0.39, 0.29) is 22.4 Å². The molecule has 2 heterocycles. The molecule has 11 nitrogen and oxygen atoms in total. The number of hydrogen-bond donors (Lipinski definition) is 2. The molecule has 0 fully saturated rings. The maximum atomic E-state index is 10.7. The van der Waals surface area contributed by atoms with Gasteiger partial charge in [0, 0.05) is 11.1 Å². The van der Waals surface area contributed by atoms with E-state index in [1.165, 1.54) is 0 Å². The zero-order valence-electron chi connectivity index (χ0n) is 27.5. The molecule has 6 aromatic rings. The molecule has 0 radical (unpaired) electrons. The van der Waals surface area contributed by atoms with Gasteiger partial charge in [-0.05, 0) is 120 Å². The molecule has 2 N–H and O–H groups in total. The van der Waals surface area contributed by atoms with Gasteiger partial charge in [0.1, 0.15) is 23.0 Å². The van der Waals surface area contributed by atoms with Crippen LogP contribution in [0.4, 0.5) is 13.2 Å². The standard InChI is InChI=1S/2C17H16N2O2.CHF3O3S.Ag/c2*1-20-14-7-3-12(4-8-14)16-11-17(19-18-16)13-5-9-15(21-2)10-6-13;2-1(3,4)8(5,6)7;/h2*3-11H,1-2H3,(H,18,19);(H,5,6,7);/q;;;+1/p-1. The number of ether oxygens (including phenoxy) is 4. The van der Waals surface area contributed by atoms with Gasteiger partial charge in [-0.15, -0.1) is 0 Å². The number of aromatic nitrogens is 4. The molecule has 0 aliphatic carbocycles. The number of benzene rings is 4. The van der Waals surface area contributed by atoms with Gasteiger partial charge in [0.25, 0.3) is 0 Å². The van der Waals surface area contributed by atoms with Crippen molar-refractivity contribution in [1.82, 2.24) is 20.4 Å². The Labute approximate surface area is 308 Å². The fourth-order valence-corrected chi connectivity index (χ4v) is 4.30. The molecule has 0 aliphatic heterocycles. The van der Waals surface area contributed by atoms with Gasteiger partial charge < -0.3 is 23.5 Å². The molecule has 4 aromatic carbocycles. The molecule has 0 unspecified atom stereocenters. The van der Waals surface area contributed by atoms with Crippen LogP contribution in [0.15, 0.2) is 109 Å². The van der Waals surface area contributed by atoms with Crippen LogP contribution in [0.2, 0.25) is 0 Å². The molecule has 0 saturated heterocycles. The van der Waals surface area contributed by atoms with Crippen molar-refractivity contribution in [3.8, 4) is 68.0 Å². The quantitative estimate of drug-likeness (QED) is 0.0901. The van der Waals surface area contributed by atoms with Crippen molar-refractivity contribution in [2.75, 3.05) is 28.4 Å². The second-order valence-corrected chi connectivity index (χ2v) is 11.5. The third kappa shape index (κ3) is 11.2. The normalized spacial score (nSPS) is 10.7. The van der Waals surface area contributed by atoms with Gasteiger partial charge in [-0.3, -0.25) is 10.2 Å². The van der Waals surface area contributed by atoms with Crippen molar-refractivity contribution >= 4 is 10.1 Å². The summed E-state index contributed by atoms with van der Waals surface area (Å²) in [6, 6.07) is 35.5.